The van der Waals surface area contributed by atoms with Crippen LogP contribution in [0.15, 0.2) is 46.6 Å². The molecule has 1 heteroatoms. The molecule has 0 saturated heterocycles. The molecule has 0 aromatic carbocycles. The largest absolute Gasteiger partial charge is 0.0840 e. The Morgan fingerprint density at radius 1 is 1.30 bits per heavy atom. The molecule has 0 heterocycles. The van der Waals surface area contributed by atoms with E-state index in [0.717, 1.165) is 11.5 Å². The second-order valence-corrected chi connectivity index (χ2v) is 2.79. The predicted molar refractivity (Wildman–Crippen MR) is 43.9 cm³/mol. The smallest absolute Gasteiger partial charge is 0.0447 e. The Balaban J connectivity index is 2.46. The number of rotatable bonds is 0. The summed E-state index contributed by atoms with van der Waals surface area (Å²) in [5.74, 6) is 0. The molecule has 0 aliphatic heterocycles. The molecule has 0 saturated carbocycles. The minimum Gasteiger partial charge on any atom is -0.0840 e. The number of hydrogen-bond donors (Lipinski definition) is 0. The predicted octanol–water partition coefficient (Wildman–Crippen LogP) is 2.94. The molecule has 0 radical (unpaired) electrons. The second-order valence-electron chi connectivity index (χ2n) is 2.39. The third kappa shape index (κ3) is 0.764. The standard InChI is InChI=1S/C9H7Cl/c10-9-6-2-4-7-3-1-5-8(7)9/h1,3-6H,2H2. The van der Waals surface area contributed by atoms with Crippen LogP contribution in [-0.4, -0.2) is 0 Å². The Morgan fingerprint density at radius 3 is 3.00 bits per heavy atom. The van der Waals surface area contributed by atoms with E-state index in [1.165, 1.54) is 11.1 Å². The number of hydrogen-bond acceptors (Lipinski definition) is 0. The normalized spacial score (nSPS) is 21.5. The molecule has 0 aromatic heterocycles. The zero-order valence-electron chi connectivity index (χ0n) is 5.47. The average molecular weight is 151 g/mol. The fraction of sp³-hybridized carbons (Fsp3) is 0.111. The summed E-state index contributed by atoms with van der Waals surface area (Å²) in [4.78, 5) is 0. The van der Waals surface area contributed by atoms with Gasteiger partial charge in [0.15, 0.2) is 0 Å². The Morgan fingerprint density at radius 2 is 2.20 bits per heavy atom. The number of fused-ring (bicyclic) bond motifs is 1. The molecule has 2 aliphatic rings. The van der Waals surface area contributed by atoms with Gasteiger partial charge in [-0.1, -0.05) is 42.0 Å². The molecule has 0 spiro atoms. The molecule has 2 aliphatic carbocycles. The first-order chi connectivity index (χ1) is 4.88. The van der Waals surface area contributed by atoms with Crippen LogP contribution in [0.3, 0.4) is 0 Å². The number of halogens is 1. The molecular formula is C9H7Cl. The van der Waals surface area contributed by atoms with E-state index in [0.29, 0.717) is 0 Å². The summed E-state index contributed by atoms with van der Waals surface area (Å²) in [6.45, 7) is 0. The lowest BCUT2D eigenvalue weighted by molar-refractivity contribution is 1.29. The molecule has 50 valence electrons. The highest BCUT2D eigenvalue weighted by molar-refractivity contribution is 6.32. The molecule has 2 rings (SSSR count). The van der Waals surface area contributed by atoms with Crippen LogP contribution in [-0.2, 0) is 0 Å². The molecule has 0 aromatic rings. The van der Waals surface area contributed by atoms with Crippen molar-refractivity contribution in [3.05, 3.63) is 46.6 Å². The van der Waals surface area contributed by atoms with Crippen molar-refractivity contribution >= 4 is 11.6 Å². The molecule has 0 nitrogen and oxygen atoms in total. The van der Waals surface area contributed by atoms with Crippen LogP contribution in [0.2, 0.25) is 0 Å². The van der Waals surface area contributed by atoms with Crippen molar-refractivity contribution in [3.63, 3.8) is 0 Å². The quantitative estimate of drug-likeness (QED) is 0.498. The van der Waals surface area contributed by atoms with E-state index in [9.17, 15) is 0 Å². The van der Waals surface area contributed by atoms with Gasteiger partial charge in [0.05, 0.1) is 0 Å². The van der Waals surface area contributed by atoms with Crippen LogP contribution in [0, 0.1) is 0 Å². The van der Waals surface area contributed by atoms with Gasteiger partial charge in [-0.25, -0.2) is 0 Å². The topological polar surface area (TPSA) is 0 Å². The summed E-state index contributed by atoms with van der Waals surface area (Å²) in [7, 11) is 0. The lowest BCUT2D eigenvalue weighted by atomic mass is 10.0. The second kappa shape index (κ2) is 2.14. The van der Waals surface area contributed by atoms with Crippen LogP contribution >= 0.6 is 11.6 Å². The fourth-order valence-electron chi connectivity index (χ4n) is 1.23. The molecule has 10 heavy (non-hydrogen) atoms. The maximum absolute atomic E-state index is 5.93. The van der Waals surface area contributed by atoms with E-state index in [1.807, 2.05) is 18.2 Å². The zero-order chi connectivity index (χ0) is 6.97. The van der Waals surface area contributed by atoms with Gasteiger partial charge >= 0.3 is 0 Å². The summed E-state index contributed by atoms with van der Waals surface area (Å²) in [5, 5.41) is 0.891. The van der Waals surface area contributed by atoms with Crippen molar-refractivity contribution in [2.24, 2.45) is 0 Å². The minimum atomic E-state index is 0.891. The van der Waals surface area contributed by atoms with Gasteiger partial charge in [0, 0.05) is 5.03 Å². The van der Waals surface area contributed by atoms with Crippen LogP contribution in [0.4, 0.5) is 0 Å². The van der Waals surface area contributed by atoms with Crippen LogP contribution in [0.25, 0.3) is 0 Å². The van der Waals surface area contributed by atoms with E-state index in [4.69, 9.17) is 11.6 Å². The van der Waals surface area contributed by atoms with Gasteiger partial charge in [-0.15, -0.1) is 0 Å². The molecule has 0 bridgehead atoms. The van der Waals surface area contributed by atoms with Gasteiger partial charge in [0.2, 0.25) is 0 Å². The highest BCUT2D eigenvalue weighted by atomic mass is 35.5. The van der Waals surface area contributed by atoms with E-state index < -0.39 is 0 Å². The zero-order valence-corrected chi connectivity index (χ0v) is 6.23. The molecule has 0 N–H and O–H groups in total. The molecular weight excluding hydrogens is 144 g/mol. The monoisotopic (exact) mass is 150 g/mol. The summed E-state index contributed by atoms with van der Waals surface area (Å²) < 4.78 is 0. The Kier molecular flexibility index (Phi) is 1.28. The molecule has 0 atom stereocenters. The van der Waals surface area contributed by atoms with Crippen LogP contribution in [0.5, 0.6) is 0 Å². The Hall–Kier alpha value is -0.750. The van der Waals surface area contributed by atoms with Crippen molar-refractivity contribution in [2.45, 2.75) is 6.42 Å². The maximum atomic E-state index is 5.93. The van der Waals surface area contributed by atoms with Crippen LogP contribution in [0.1, 0.15) is 6.42 Å². The van der Waals surface area contributed by atoms with Gasteiger partial charge in [0.1, 0.15) is 0 Å². The van der Waals surface area contributed by atoms with E-state index in [1.54, 1.807) is 0 Å². The first-order valence-corrected chi connectivity index (χ1v) is 3.70. The molecule has 0 fully saturated rings. The highest BCUT2D eigenvalue weighted by Crippen LogP contribution is 2.31. The Labute approximate surface area is 65.2 Å². The van der Waals surface area contributed by atoms with E-state index in [2.05, 4.69) is 12.2 Å². The number of allylic oxidation sites excluding steroid dienone is 8. The summed E-state index contributed by atoms with van der Waals surface area (Å²) in [5.41, 5.74) is 2.44. The lowest BCUT2D eigenvalue weighted by Crippen LogP contribution is -1.88. The first kappa shape index (κ1) is 5.99. The third-order valence-corrected chi connectivity index (χ3v) is 2.10. The van der Waals surface area contributed by atoms with Crippen LogP contribution < -0.4 is 0 Å². The maximum Gasteiger partial charge on any atom is 0.0447 e. The highest BCUT2D eigenvalue weighted by Gasteiger charge is 2.11. The summed E-state index contributed by atoms with van der Waals surface area (Å²) in [6.07, 6.45) is 11.3. The summed E-state index contributed by atoms with van der Waals surface area (Å²) in [6, 6.07) is 0. The van der Waals surface area contributed by atoms with E-state index in [-0.39, 0.29) is 0 Å². The van der Waals surface area contributed by atoms with Crippen molar-refractivity contribution in [2.75, 3.05) is 0 Å². The average Bonchev–Trinajstić information content (AvgIpc) is 2.36. The van der Waals surface area contributed by atoms with Crippen molar-refractivity contribution in [1.82, 2.24) is 0 Å². The van der Waals surface area contributed by atoms with Gasteiger partial charge in [0.25, 0.3) is 0 Å². The first-order valence-electron chi connectivity index (χ1n) is 3.33. The fourth-order valence-corrected chi connectivity index (χ4v) is 1.49. The van der Waals surface area contributed by atoms with Gasteiger partial charge in [-0.05, 0) is 17.6 Å². The van der Waals surface area contributed by atoms with Crippen molar-refractivity contribution < 1.29 is 0 Å². The minimum absolute atomic E-state index is 0.891. The lowest BCUT2D eigenvalue weighted by Gasteiger charge is -2.07. The third-order valence-electron chi connectivity index (χ3n) is 1.74. The van der Waals surface area contributed by atoms with Gasteiger partial charge in [-0.2, -0.15) is 0 Å². The van der Waals surface area contributed by atoms with Gasteiger partial charge < -0.3 is 0 Å². The van der Waals surface area contributed by atoms with E-state index >= 15 is 0 Å². The Bertz CT molecular complexity index is 277. The molecule has 0 amide bonds. The SMILES string of the molecule is ClC1=CCC=C2C=CC=C12. The summed E-state index contributed by atoms with van der Waals surface area (Å²) >= 11 is 5.93. The van der Waals surface area contributed by atoms with Gasteiger partial charge in [-0.3, -0.25) is 0 Å². The molecule has 0 unspecified atom stereocenters. The van der Waals surface area contributed by atoms with Crippen molar-refractivity contribution in [1.29, 1.82) is 0 Å². The van der Waals surface area contributed by atoms with Crippen molar-refractivity contribution in [3.8, 4) is 0 Å².